The lowest BCUT2D eigenvalue weighted by atomic mass is 9.49. The molecule has 118 valence electrons. The smallest absolute Gasteiger partial charge is 0.134 e. The second kappa shape index (κ2) is 4.56. The number of hydrogen-bond acceptors (Lipinski definition) is 4. The molecule has 2 fully saturated rings. The van der Waals surface area contributed by atoms with Gasteiger partial charge in [0.15, 0.2) is 0 Å². The number of rotatable bonds is 1. The van der Waals surface area contributed by atoms with Gasteiger partial charge in [-0.25, -0.2) is 0 Å². The van der Waals surface area contributed by atoms with Crippen LogP contribution in [0.5, 0.6) is 5.75 Å². The Kier molecular flexibility index (Phi) is 2.94. The van der Waals surface area contributed by atoms with E-state index in [0.717, 1.165) is 30.7 Å². The molecule has 2 aliphatic carbocycles. The van der Waals surface area contributed by atoms with Gasteiger partial charge in [0.25, 0.3) is 0 Å². The average molecular weight is 301 g/mol. The molecule has 1 aromatic rings. The van der Waals surface area contributed by atoms with Crippen LogP contribution in [-0.2, 0) is 16.6 Å². The van der Waals surface area contributed by atoms with Gasteiger partial charge in [0.05, 0.1) is 12.7 Å². The highest BCUT2D eigenvalue weighted by atomic mass is 16.5. The lowest BCUT2D eigenvalue weighted by Gasteiger charge is -2.62. The summed E-state index contributed by atoms with van der Waals surface area (Å²) in [4.78, 5) is 14.5. The highest BCUT2D eigenvalue weighted by molar-refractivity contribution is 5.82. The predicted molar refractivity (Wildman–Crippen MR) is 83.2 cm³/mol. The fourth-order valence-corrected chi connectivity index (χ4v) is 5.13. The molecule has 4 rings (SSSR count). The second-order valence-electron chi connectivity index (χ2n) is 7.20. The van der Waals surface area contributed by atoms with Crippen LogP contribution in [-0.4, -0.2) is 48.1 Å². The van der Waals surface area contributed by atoms with Crippen molar-refractivity contribution < 1.29 is 14.6 Å². The number of fused-ring (bicyclic) bond motifs is 1. The van der Waals surface area contributed by atoms with Crippen LogP contribution in [0, 0.1) is 0 Å². The van der Waals surface area contributed by atoms with Crippen molar-refractivity contribution in [2.45, 2.75) is 49.2 Å². The molecule has 3 aliphatic rings. The number of Topliss-reactive ketones (excluding diaryl/α,β-unsaturated/α-hetero) is 1. The van der Waals surface area contributed by atoms with Gasteiger partial charge in [0.2, 0.25) is 0 Å². The topological polar surface area (TPSA) is 49.8 Å². The van der Waals surface area contributed by atoms with Gasteiger partial charge in [-0.2, -0.15) is 0 Å². The zero-order valence-corrected chi connectivity index (χ0v) is 13.3. The fraction of sp³-hybridized carbons (Fsp3) is 0.611. The summed E-state index contributed by atoms with van der Waals surface area (Å²) in [5, 5.41) is 11.6. The van der Waals surface area contributed by atoms with Gasteiger partial charge in [-0.05, 0) is 56.1 Å². The standard InChI is InChI=1S/C18H23NO3/c1-19-8-7-17-11-13(20)5-6-18(17,21)16(19)9-12-3-4-14(22-2)10-15(12)17/h3-4,10,16,21H,5-9,11H2,1-2H3. The van der Waals surface area contributed by atoms with E-state index in [9.17, 15) is 9.90 Å². The maximum absolute atomic E-state index is 12.2. The molecule has 1 aliphatic heterocycles. The Morgan fingerprint density at radius 3 is 2.95 bits per heavy atom. The third kappa shape index (κ3) is 1.62. The quantitative estimate of drug-likeness (QED) is 0.857. The van der Waals surface area contributed by atoms with E-state index in [0.29, 0.717) is 19.3 Å². The number of likely N-dealkylation sites (N-methyl/N-ethyl adjacent to an activating group) is 1. The largest absolute Gasteiger partial charge is 0.497 e. The zero-order chi connectivity index (χ0) is 15.5. The summed E-state index contributed by atoms with van der Waals surface area (Å²) in [6.07, 6.45) is 3.23. The number of benzene rings is 1. The number of aliphatic hydroxyl groups is 1. The van der Waals surface area contributed by atoms with Crippen molar-refractivity contribution in [3.63, 3.8) is 0 Å². The van der Waals surface area contributed by atoms with Crippen LogP contribution in [0.3, 0.4) is 0 Å². The number of nitrogens with zero attached hydrogens (tertiary/aromatic N) is 1. The molecule has 0 amide bonds. The molecular weight excluding hydrogens is 278 g/mol. The van der Waals surface area contributed by atoms with Crippen molar-refractivity contribution in [2.24, 2.45) is 0 Å². The van der Waals surface area contributed by atoms with Crippen molar-refractivity contribution in [1.29, 1.82) is 0 Å². The van der Waals surface area contributed by atoms with Crippen molar-refractivity contribution in [2.75, 3.05) is 20.7 Å². The third-order valence-electron chi connectivity index (χ3n) is 6.33. The van der Waals surface area contributed by atoms with Gasteiger partial charge in [-0.15, -0.1) is 0 Å². The summed E-state index contributed by atoms with van der Waals surface area (Å²) in [7, 11) is 3.76. The molecule has 4 heteroatoms. The monoisotopic (exact) mass is 301 g/mol. The maximum Gasteiger partial charge on any atom is 0.134 e. The van der Waals surface area contributed by atoms with Crippen LogP contribution >= 0.6 is 0 Å². The summed E-state index contributed by atoms with van der Waals surface area (Å²) >= 11 is 0. The number of ketones is 1. The summed E-state index contributed by atoms with van der Waals surface area (Å²) in [6, 6.07) is 6.26. The minimum Gasteiger partial charge on any atom is -0.497 e. The fourth-order valence-electron chi connectivity index (χ4n) is 5.13. The first-order chi connectivity index (χ1) is 10.5. The highest BCUT2D eigenvalue weighted by Crippen LogP contribution is 2.57. The van der Waals surface area contributed by atoms with Gasteiger partial charge in [0, 0.05) is 24.3 Å². The number of carbonyl (C=O) groups excluding carboxylic acids is 1. The Bertz CT molecular complexity index is 643. The summed E-state index contributed by atoms with van der Waals surface area (Å²) in [5.74, 6) is 1.09. The summed E-state index contributed by atoms with van der Waals surface area (Å²) in [5.41, 5.74) is 1.18. The molecule has 1 aromatic carbocycles. The van der Waals surface area contributed by atoms with Gasteiger partial charge < -0.3 is 14.7 Å². The molecule has 3 atom stereocenters. The molecule has 22 heavy (non-hydrogen) atoms. The number of hydrogen-bond donors (Lipinski definition) is 1. The van der Waals surface area contributed by atoms with Crippen LogP contribution in [0.1, 0.15) is 36.8 Å². The Balaban J connectivity index is 1.96. The number of likely N-dealkylation sites (tertiary alicyclic amines) is 1. The van der Waals surface area contributed by atoms with E-state index >= 15 is 0 Å². The van der Waals surface area contributed by atoms with E-state index in [2.05, 4.69) is 24.1 Å². The lowest BCUT2D eigenvalue weighted by Crippen LogP contribution is -2.72. The van der Waals surface area contributed by atoms with Gasteiger partial charge in [-0.1, -0.05) is 6.07 Å². The van der Waals surface area contributed by atoms with Gasteiger partial charge >= 0.3 is 0 Å². The molecule has 0 aromatic heterocycles. The molecule has 3 unspecified atom stereocenters. The first-order valence-corrected chi connectivity index (χ1v) is 8.12. The maximum atomic E-state index is 12.2. The number of piperidine rings is 1. The molecule has 1 saturated carbocycles. The number of carbonyl (C=O) groups is 1. The molecule has 1 heterocycles. The van der Waals surface area contributed by atoms with Crippen LogP contribution in [0.15, 0.2) is 18.2 Å². The number of ether oxygens (including phenoxy) is 1. The molecular formula is C18H23NO3. The van der Waals surface area contributed by atoms with Crippen LogP contribution in [0.25, 0.3) is 0 Å². The second-order valence-corrected chi connectivity index (χ2v) is 7.20. The first-order valence-electron chi connectivity index (χ1n) is 8.12. The van der Waals surface area contributed by atoms with E-state index in [1.807, 2.05) is 6.07 Å². The third-order valence-corrected chi connectivity index (χ3v) is 6.33. The number of methoxy groups -OCH3 is 1. The Morgan fingerprint density at radius 2 is 2.18 bits per heavy atom. The minimum absolute atomic E-state index is 0.107. The van der Waals surface area contributed by atoms with Crippen molar-refractivity contribution >= 4 is 5.78 Å². The molecule has 1 N–H and O–H groups in total. The van der Waals surface area contributed by atoms with Crippen LogP contribution < -0.4 is 4.74 Å². The van der Waals surface area contributed by atoms with Gasteiger partial charge in [0.1, 0.15) is 11.5 Å². The van der Waals surface area contributed by atoms with Crippen molar-refractivity contribution in [1.82, 2.24) is 4.90 Å². The Morgan fingerprint density at radius 1 is 1.36 bits per heavy atom. The molecule has 2 bridgehead atoms. The van der Waals surface area contributed by atoms with E-state index in [1.54, 1.807) is 7.11 Å². The normalized spacial score (nSPS) is 37.4. The molecule has 0 spiro atoms. The van der Waals surface area contributed by atoms with Crippen molar-refractivity contribution in [3.8, 4) is 5.75 Å². The first kappa shape index (κ1) is 14.2. The van der Waals surface area contributed by atoms with E-state index < -0.39 is 11.0 Å². The predicted octanol–water partition coefficient (Wildman–Crippen LogP) is 1.68. The lowest BCUT2D eigenvalue weighted by molar-refractivity contribution is -0.168. The molecule has 4 nitrogen and oxygen atoms in total. The summed E-state index contributed by atoms with van der Waals surface area (Å²) in [6.45, 7) is 0.927. The molecule has 1 saturated heterocycles. The average Bonchev–Trinajstić information content (AvgIpc) is 2.51. The van der Waals surface area contributed by atoms with E-state index in [-0.39, 0.29) is 11.8 Å². The summed E-state index contributed by atoms with van der Waals surface area (Å²) < 4.78 is 5.40. The van der Waals surface area contributed by atoms with E-state index in [1.165, 1.54) is 5.56 Å². The van der Waals surface area contributed by atoms with Crippen LogP contribution in [0.4, 0.5) is 0 Å². The Hall–Kier alpha value is -1.39. The zero-order valence-electron chi connectivity index (χ0n) is 13.3. The van der Waals surface area contributed by atoms with Crippen LogP contribution in [0.2, 0.25) is 0 Å². The minimum atomic E-state index is -0.798. The SMILES string of the molecule is COc1ccc2c(c1)C13CCN(C)C(C2)C1(O)CCC(=O)C3. The van der Waals surface area contributed by atoms with E-state index in [4.69, 9.17) is 4.74 Å². The molecule has 0 radical (unpaired) electrons. The Labute approximate surface area is 131 Å². The van der Waals surface area contributed by atoms with Gasteiger partial charge in [-0.3, -0.25) is 4.79 Å². The highest BCUT2D eigenvalue weighted by Gasteiger charge is 2.64. The van der Waals surface area contributed by atoms with Crippen molar-refractivity contribution in [3.05, 3.63) is 29.3 Å².